The van der Waals surface area contributed by atoms with Gasteiger partial charge in [0.05, 0.1) is 0 Å². The van der Waals surface area contributed by atoms with Crippen LogP contribution in [0.4, 0.5) is 5.69 Å². The molecule has 1 nitrogen and oxygen atoms in total. The van der Waals surface area contributed by atoms with Gasteiger partial charge in [-0.15, -0.1) is 0 Å². The largest absolute Gasteiger partial charge is 0.371 e. The third kappa shape index (κ3) is 2.40. The second-order valence-corrected chi connectivity index (χ2v) is 6.08. The Labute approximate surface area is 99.5 Å². The molecule has 0 N–H and O–H groups in total. The highest BCUT2D eigenvalue weighted by atomic mass is 15.2. The van der Waals surface area contributed by atoms with E-state index in [4.69, 9.17) is 0 Å². The molecule has 1 fully saturated rings. The number of hydrogen-bond acceptors (Lipinski definition) is 1. The highest BCUT2D eigenvalue weighted by Crippen LogP contribution is 2.32. The number of hydrogen-bond donors (Lipinski definition) is 0. The topological polar surface area (TPSA) is 3.24 Å². The lowest BCUT2D eigenvalue weighted by Crippen LogP contribution is -2.22. The minimum absolute atomic E-state index is 0.483. The van der Waals surface area contributed by atoms with Crippen molar-refractivity contribution in [1.29, 1.82) is 0 Å². The second kappa shape index (κ2) is 4.12. The van der Waals surface area contributed by atoms with Crippen LogP contribution in [0.2, 0.25) is 0 Å². The molecule has 1 aliphatic heterocycles. The molecule has 88 valence electrons. The van der Waals surface area contributed by atoms with Gasteiger partial charge in [-0.1, -0.05) is 39.8 Å². The fourth-order valence-electron chi connectivity index (χ4n) is 2.40. The summed E-state index contributed by atoms with van der Waals surface area (Å²) in [5.41, 5.74) is 3.30. The van der Waals surface area contributed by atoms with Crippen molar-refractivity contribution in [1.82, 2.24) is 0 Å². The van der Waals surface area contributed by atoms with Crippen LogP contribution in [-0.4, -0.2) is 13.1 Å². The molecule has 0 aliphatic carbocycles. The van der Waals surface area contributed by atoms with Crippen LogP contribution in [-0.2, 0) is 0 Å². The zero-order valence-corrected chi connectivity index (χ0v) is 11.0. The van der Waals surface area contributed by atoms with E-state index in [0.29, 0.717) is 11.3 Å². The zero-order chi connectivity index (χ0) is 11.8. The van der Waals surface area contributed by atoms with Crippen molar-refractivity contribution in [2.45, 2.75) is 40.0 Å². The Morgan fingerprint density at radius 1 is 1.12 bits per heavy atom. The molecule has 1 aromatic carbocycles. The van der Waals surface area contributed by atoms with E-state index in [1.165, 1.54) is 30.8 Å². The molecular weight excluding hydrogens is 194 g/mol. The summed E-state index contributed by atoms with van der Waals surface area (Å²) in [6, 6.07) is 9.09. The van der Waals surface area contributed by atoms with Gasteiger partial charge in [0.2, 0.25) is 0 Å². The van der Waals surface area contributed by atoms with E-state index < -0.39 is 0 Å². The smallest absolute Gasteiger partial charge is 0.0366 e. The van der Waals surface area contributed by atoms with Crippen LogP contribution < -0.4 is 4.90 Å². The lowest BCUT2D eigenvalue weighted by atomic mass is 9.93. The van der Waals surface area contributed by atoms with Crippen LogP contribution in [0.1, 0.15) is 45.6 Å². The minimum Gasteiger partial charge on any atom is -0.371 e. The van der Waals surface area contributed by atoms with E-state index in [1.54, 1.807) is 0 Å². The van der Waals surface area contributed by atoms with Crippen molar-refractivity contribution < 1.29 is 0 Å². The Hall–Kier alpha value is -0.980. The first-order chi connectivity index (χ1) is 7.48. The van der Waals surface area contributed by atoms with E-state index >= 15 is 0 Å². The molecule has 16 heavy (non-hydrogen) atoms. The predicted molar refractivity (Wildman–Crippen MR) is 71.1 cm³/mol. The molecule has 1 heteroatoms. The highest BCUT2D eigenvalue weighted by molar-refractivity contribution is 5.49. The highest BCUT2D eigenvalue weighted by Gasteiger charge is 2.29. The average molecular weight is 217 g/mol. The van der Waals surface area contributed by atoms with Gasteiger partial charge < -0.3 is 4.90 Å². The summed E-state index contributed by atoms with van der Waals surface area (Å²) in [6.07, 6.45) is 1.30. The molecular formula is C15H23N. The van der Waals surface area contributed by atoms with Crippen molar-refractivity contribution in [3.05, 3.63) is 29.8 Å². The Morgan fingerprint density at radius 2 is 1.75 bits per heavy atom. The van der Waals surface area contributed by atoms with Gasteiger partial charge in [-0.05, 0) is 35.4 Å². The molecule has 0 atom stereocenters. The summed E-state index contributed by atoms with van der Waals surface area (Å²) in [4.78, 5) is 2.50. The molecule has 0 spiro atoms. The first kappa shape index (κ1) is 11.5. The molecule has 0 aromatic heterocycles. The van der Waals surface area contributed by atoms with Crippen LogP contribution in [0.5, 0.6) is 0 Å². The van der Waals surface area contributed by atoms with Crippen molar-refractivity contribution in [3.8, 4) is 0 Å². The van der Waals surface area contributed by atoms with Gasteiger partial charge in [0.25, 0.3) is 0 Å². The summed E-state index contributed by atoms with van der Waals surface area (Å²) in [6.45, 7) is 11.6. The molecule has 2 rings (SSSR count). The monoisotopic (exact) mass is 217 g/mol. The van der Waals surface area contributed by atoms with E-state index in [9.17, 15) is 0 Å². The molecule has 1 aliphatic rings. The summed E-state index contributed by atoms with van der Waals surface area (Å²) < 4.78 is 0. The van der Waals surface area contributed by atoms with Crippen LogP contribution >= 0.6 is 0 Å². The number of benzene rings is 1. The summed E-state index contributed by atoms with van der Waals surface area (Å²) in [7, 11) is 0. The van der Waals surface area contributed by atoms with E-state index in [-0.39, 0.29) is 0 Å². The summed E-state index contributed by atoms with van der Waals surface area (Å²) >= 11 is 0. The molecule has 0 radical (unpaired) electrons. The Balaban J connectivity index is 2.11. The van der Waals surface area contributed by atoms with Gasteiger partial charge in [-0.3, -0.25) is 0 Å². The maximum Gasteiger partial charge on any atom is 0.0366 e. The molecule has 0 saturated carbocycles. The summed E-state index contributed by atoms with van der Waals surface area (Å²) in [5, 5.41) is 0. The van der Waals surface area contributed by atoms with Gasteiger partial charge in [-0.2, -0.15) is 0 Å². The number of nitrogens with zero attached hydrogens (tertiary/aromatic N) is 1. The lowest BCUT2D eigenvalue weighted by Gasteiger charge is -2.22. The molecule has 1 heterocycles. The van der Waals surface area contributed by atoms with Crippen LogP contribution in [0.15, 0.2) is 24.3 Å². The molecule has 0 amide bonds. The van der Waals surface area contributed by atoms with Crippen molar-refractivity contribution in [3.63, 3.8) is 0 Å². The number of anilines is 1. The Kier molecular flexibility index (Phi) is 2.96. The van der Waals surface area contributed by atoms with E-state index in [1.807, 2.05) is 0 Å². The third-order valence-corrected chi connectivity index (χ3v) is 3.60. The Morgan fingerprint density at radius 3 is 2.19 bits per heavy atom. The average Bonchev–Trinajstić information content (AvgIpc) is 2.59. The minimum atomic E-state index is 0.483. The predicted octanol–water partition coefficient (Wildman–Crippen LogP) is 4.05. The number of rotatable bonds is 2. The first-order valence-corrected chi connectivity index (χ1v) is 6.33. The Bertz CT molecular complexity index is 348. The van der Waals surface area contributed by atoms with Gasteiger partial charge in [0, 0.05) is 18.8 Å². The van der Waals surface area contributed by atoms with Gasteiger partial charge in [0.15, 0.2) is 0 Å². The maximum atomic E-state index is 2.50. The van der Waals surface area contributed by atoms with Gasteiger partial charge in [0.1, 0.15) is 0 Å². The maximum absolute atomic E-state index is 2.50. The van der Waals surface area contributed by atoms with Crippen molar-refractivity contribution in [2.75, 3.05) is 18.0 Å². The van der Waals surface area contributed by atoms with Crippen LogP contribution in [0, 0.1) is 5.41 Å². The quantitative estimate of drug-likeness (QED) is 0.722. The molecule has 0 bridgehead atoms. The summed E-state index contributed by atoms with van der Waals surface area (Å²) in [5.74, 6) is 0.629. The van der Waals surface area contributed by atoms with Crippen LogP contribution in [0.25, 0.3) is 0 Å². The molecule has 1 aromatic rings. The van der Waals surface area contributed by atoms with Crippen LogP contribution in [0.3, 0.4) is 0 Å². The van der Waals surface area contributed by atoms with Crippen molar-refractivity contribution in [2.24, 2.45) is 5.41 Å². The lowest BCUT2D eigenvalue weighted by molar-refractivity contribution is 0.418. The molecule has 0 unspecified atom stereocenters. The third-order valence-electron chi connectivity index (χ3n) is 3.60. The fraction of sp³-hybridized carbons (Fsp3) is 0.600. The SMILES string of the molecule is CC(C)c1ccc(N2CCC(C)(C)C2)cc1. The van der Waals surface area contributed by atoms with E-state index in [2.05, 4.69) is 56.9 Å². The normalized spacial score (nSPS) is 19.4. The first-order valence-electron chi connectivity index (χ1n) is 6.33. The van der Waals surface area contributed by atoms with Crippen molar-refractivity contribution >= 4 is 5.69 Å². The second-order valence-electron chi connectivity index (χ2n) is 6.08. The van der Waals surface area contributed by atoms with Gasteiger partial charge >= 0.3 is 0 Å². The fourth-order valence-corrected chi connectivity index (χ4v) is 2.40. The standard InChI is InChI=1S/C15H23N/c1-12(2)13-5-7-14(8-6-13)16-10-9-15(3,4)11-16/h5-8,12H,9-11H2,1-4H3. The van der Waals surface area contributed by atoms with Gasteiger partial charge in [-0.25, -0.2) is 0 Å². The van der Waals surface area contributed by atoms with E-state index in [0.717, 1.165) is 0 Å². The molecule has 1 saturated heterocycles. The zero-order valence-electron chi connectivity index (χ0n) is 11.0.